The van der Waals surface area contributed by atoms with Crippen molar-refractivity contribution in [3.63, 3.8) is 0 Å². The number of hydrogen-bond donors (Lipinski definition) is 0. The van der Waals surface area contributed by atoms with Crippen molar-refractivity contribution in [1.82, 2.24) is 9.88 Å². The van der Waals surface area contributed by atoms with E-state index in [1.54, 1.807) is 7.11 Å². The van der Waals surface area contributed by atoms with Crippen LogP contribution in [0.3, 0.4) is 0 Å². The number of fused-ring (bicyclic) bond motifs is 2. The van der Waals surface area contributed by atoms with Crippen molar-refractivity contribution in [1.29, 1.82) is 0 Å². The predicted molar refractivity (Wildman–Crippen MR) is 112 cm³/mol. The summed E-state index contributed by atoms with van der Waals surface area (Å²) in [5.41, 5.74) is 3.19. The molecule has 30 heavy (non-hydrogen) atoms. The van der Waals surface area contributed by atoms with Crippen LogP contribution in [0.2, 0.25) is 0 Å². The first-order chi connectivity index (χ1) is 14.6. The topological polar surface area (TPSA) is 60.9 Å². The van der Waals surface area contributed by atoms with Gasteiger partial charge in [-0.25, -0.2) is 0 Å². The maximum atomic E-state index is 13.8. The summed E-state index contributed by atoms with van der Waals surface area (Å²) in [7, 11) is 1.79. The Hall–Kier alpha value is -1.50. The van der Waals surface area contributed by atoms with E-state index in [1.165, 1.54) is 5.56 Å². The molecule has 1 aromatic rings. The van der Waals surface area contributed by atoms with Crippen molar-refractivity contribution in [2.45, 2.75) is 64.2 Å². The minimum Gasteiger partial charge on any atom is -0.379 e. The number of nitrogens with zero attached hydrogens (tertiary/aromatic N) is 2. The van der Waals surface area contributed by atoms with Gasteiger partial charge in [-0.1, -0.05) is 6.07 Å². The molecule has 5 atom stereocenters. The van der Waals surface area contributed by atoms with Gasteiger partial charge >= 0.3 is 0 Å². The number of aromatic nitrogens is 1. The zero-order valence-electron chi connectivity index (χ0n) is 18.3. The van der Waals surface area contributed by atoms with Crippen LogP contribution < -0.4 is 0 Å². The Balaban J connectivity index is 1.30. The molecule has 0 radical (unpaired) electrons. The first kappa shape index (κ1) is 20.4. The van der Waals surface area contributed by atoms with Crippen LogP contribution in [0.1, 0.15) is 48.9 Å². The van der Waals surface area contributed by atoms with Crippen molar-refractivity contribution < 1.29 is 19.0 Å². The lowest BCUT2D eigenvalue weighted by Crippen LogP contribution is -2.48. The van der Waals surface area contributed by atoms with Crippen molar-refractivity contribution in [3.05, 3.63) is 29.1 Å². The number of hydrogen-bond acceptors (Lipinski definition) is 5. The number of amides is 1. The number of rotatable bonds is 4. The van der Waals surface area contributed by atoms with E-state index in [1.807, 2.05) is 6.20 Å². The van der Waals surface area contributed by atoms with Crippen LogP contribution in [0.4, 0.5) is 0 Å². The Bertz CT molecular complexity index is 799. The van der Waals surface area contributed by atoms with E-state index in [0.29, 0.717) is 37.5 Å². The van der Waals surface area contributed by atoms with Gasteiger partial charge in [0.1, 0.15) is 0 Å². The second kappa shape index (κ2) is 8.21. The molecule has 4 aliphatic rings. The lowest BCUT2D eigenvalue weighted by Gasteiger charge is -2.37. The Morgan fingerprint density at radius 1 is 1.40 bits per heavy atom. The third-order valence-corrected chi connectivity index (χ3v) is 7.95. The molecule has 0 aromatic carbocycles. The molecule has 164 valence electrons. The third kappa shape index (κ3) is 3.57. The molecule has 1 saturated carbocycles. The van der Waals surface area contributed by atoms with Gasteiger partial charge < -0.3 is 19.1 Å². The van der Waals surface area contributed by atoms with Crippen molar-refractivity contribution in [2.24, 2.45) is 17.3 Å². The molecule has 0 unspecified atom stereocenters. The van der Waals surface area contributed by atoms with Crippen LogP contribution in [0.5, 0.6) is 0 Å². The zero-order chi connectivity index (χ0) is 20.7. The predicted octanol–water partition coefficient (Wildman–Crippen LogP) is 2.90. The maximum absolute atomic E-state index is 13.8. The van der Waals surface area contributed by atoms with E-state index in [-0.39, 0.29) is 17.6 Å². The molecule has 4 heterocycles. The van der Waals surface area contributed by atoms with Crippen LogP contribution in [-0.4, -0.2) is 61.5 Å². The molecule has 1 aromatic heterocycles. The average Bonchev–Trinajstić information content (AvgIpc) is 3.31. The highest BCUT2D eigenvalue weighted by Crippen LogP contribution is 2.53. The van der Waals surface area contributed by atoms with Crippen molar-refractivity contribution >= 4 is 5.91 Å². The van der Waals surface area contributed by atoms with Gasteiger partial charge in [0.05, 0.1) is 24.2 Å². The summed E-state index contributed by atoms with van der Waals surface area (Å²) in [4.78, 5) is 20.5. The molecule has 0 spiro atoms. The fourth-order valence-electron chi connectivity index (χ4n) is 6.39. The van der Waals surface area contributed by atoms with Crippen molar-refractivity contribution in [3.8, 4) is 0 Å². The Labute approximate surface area is 179 Å². The van der Waals surface area contributed by atoms with E-state index in [4.69, 9.17) is 14.2 Å². The average molecular weight is 415 g/mol. The lowest BCUT2D eigenvalue weighted by atomic mass is 9.78. The number of ether oxygens (including phenoxy) is 3. The fraction of sp³-hybridized carbons (Fsp3) is 0.750. The molecule has 6 nitrogen and oxygen atoms in total. The molecule has 2 saturated heterocycles. The monoisotopic (exact) mass is 414 g/mol. The molecule has 1 aliphatic carbocycles. The van der Waals surface area contributed by atoms with Gasteiger partial charge in [-0.15, -0.1) is 0 Å². The summed E-state index contributed by atoms with van der Waals surface area (Å²) in [5, 5.41) is 0. The van der Waals surface area contributed by atoms with Crippen LogP contribution in [0, 0.1) is 24.2 Å². The quantitative estimate of drug-likeness (QED) is 0.758. The summed E-state index contributed by atoms with van der Waals surface area (Å²) in [6, 6.07) is 2.19. The van der Waals surface area contributed by atoms with Gasteiger partial charge in [0, 0.05) is 51.7 Å². The molecule has 1 amide bonds. The minimum atomic E-state index is -0.326. The second-order valence-electron chi connectivity index (χ2n) is 9.80. The molecule has 6 heteroatoms. The summed E-state index contributed by atoms with van der Waals surface area (Å²) < 4.78 is 17.4. The normalized spacial score (nSPS) is 35.9. The Kier molecular flexibility index (Phi) is 5.58. The van der Waals surface area contributed by atoms with Crippen molar-refractivity contribution in [2.75, 3.05) is 33.5 Å². The fourth-order valence-corrected chi connectivity index (χ4v) is 6.39. The lowest BCUT2D eigenvalue weighted by molar-refractivity contribution is -0.145. The first-order valence-corrected chi connectivity index (χ1v) is 11.5. The number of pyridine rings is 1. The van der Waals surface area contributed by atoms with Gasteiger partial charge in [-0.3, -0.25) is 9.78 Å². The molecule has 3 fully saturated rings. The number of carbonyl (C=O) groups excluding carboxylic acids is 1. The summed E-state index contributed by atoms with van der Waals surface area (Å²) in [6.07, 6.45) is 8.03. The smallest absolute Gasteiger partial charge is 0.231 e. The van der Waals surface area contributed by atoms with E-state index in [0.717, 1.165) is 62.9 Å². The summed E-state index contributed by atoms with van der Waals surface area (Å²) in [6.45, 7) is 5.76. The van der Waals surface area contributed by atoms with E-state index in [2.05, 4.69) is 22.9 Å². The number of methoxy groups -OCH3 is 1. The molecule has 0 bridgehead atoms. The van der Waals surface area contributed by atoms with Crippen LogP contribution in [-0.2, 0) is 32.0 Å². The third-order valence-electron chi connectivity index (χ3n) is 7.95. The maximum Gasteiger partial charge on any atom is 0.231 e. The molecule has 3 aliphatic heterocycles. The zero-order valence-corrected chi connectivity index (χ0v) is 18.3. The van der Waals surface area contributed by atoms with Gasteiger partial charge in [0.2, 0.25) is 5.91 Å². The molecule has 0 N–H and O–H groups in total. The summed E-state index contributed by atoms with van der Waals surface area (Å²) in [5.74, 6) is 1.37. The van der Waals surface area contributed by atoms with Gasteiger partial charge in [-0.05, 0) is 62.0 Å². The van der Waals surface area contributed by atoms with Gasteiger partial charge in [-0.2, -0.15) is 0 Å². The largest absolute Gasteiger partial charge is 0.379 e. The second-order valence-corrected chi connectivity index (χ2v) is 9.80. The highest BCUT2D eigenvalue weighted by Gasteiger charge is 2.57. The molecular weight excluding hydrogens is 380 g/mol. The Morgan fingerprint density at radius 3 is 3.17 bits per heavy atom. The van der Waals surface area contributed by atoms with Gasteiger partial charge in [0.15, 0.2) is 0 Å². The SMILES string of the molecule is CO[C@H]1COCC[C@@H]1C[C@@H]1C[C@H]2OCC[C@@]2(C(=O)N2CCc3ncc(C)cc3C2)C1. The van der Waals surface area contributed by atoms with Crippen LogP contribution in [0.25, 0.3) is 0 Å². The highest BCUT2D eigenvalue weighted by atomic mass is 16.5. The summed E-state index contributed by atoms with van der Waals surface area (Å²) >= 11 is 0. The minimum absolute atomic E-state index is 0.0767. The first-order valence-electron chi connectivity index (χ1n) is 11.5. The van der Waals surface area contributed by atoms with E-state index >= 15 is 0 Å². The standard InChI is InChI=1S/C24H34N2O4/c1-16-9-19-14-26(6-3-20(19)25-13-16)23(27)24-5-8-30-22(24)11-17(12-24)10-18-4-7-29-15-21(18)28-2/h9,13,17-18,21-22H,3-8,10-12,14-15H2,1-2H3/t17-,18-,21+,22-,24-/m1/s1. The van der Waals surface area contributed by atoms with E-state index < -0.39 is 0 Å². The highest BCUT2D eigenvalue weighted by molar-refractivity contribution is 5.84. The van der Waals surface area contributed by atoms with E-state index in [9.17, 15) is 4.79 Å². The van der Waals surface area contributed by atoms with Crippen LogP contribution in [0.15, 0.2) is 12.3 Å². The number of carbonyl (C=O) groups is 1. The van der Waals surface area contributed by atoms with Gasteiger partial charge in [0.25, 0.3) is 0 Å². The van der Waals surface area contributed by atoms with Crippen LogP contribution >= 0.6 is 0 Å². The number of aryl methyl sites for hydroxylation is 1. The Morgan fingerprint density at radius 2 is 2.30 bits per heavy atom. The molecular formula is C24H34N2O4. The molecule has 5 rings (SSSR count).